The molecule has 1 amide bonds. The summed E-state index contributed by atoms with van der Waals surface area (Å²) in [5.41, 5.74) is 1.73. The number of morpholine rings is 1. The second-order valence-corrected chi connectivity index (χ2v) is 10.4. The maximum atomic E-state index is 13.4. The third-order valence-electron chi connectivity index (χ3n) is 6.39. The first kappa shape index (κ1) is 24.0. The van der Waals surface area contributed by atoms with Crippen molar-refractivity contribution >= 4 is 33.2 Å². The Morgan fingerprint density at radius 1 is 1.03 bits per heavy atom. The van der Waals surface area contributed by atoms with Crippen LogP contribution in [0.25, 0.3) is 0 Å². The van der Waals surface area contributed by atoms with Crippen molar-refractivity contribution in [2.75, 3.05) is 51.0 Å². The maximum absolute atomic E-state index is 13.4. The van der Waals surface area contributed by atoms with Crippen LogP contribution < -0.4 is 15.4 Å². The lowest BCUT2D eigenvalue weighted by atomic mass is 9.74. The van der Waals surface area contributed by atoms with Crippen LogP contribution in [0.1, 0.15) is 28.8 Å². The van der Waals surface area contributed by atoms with E-state index in [0.29, 0.717) is 56.8 Å². The summed E-state index contributed by atoms with van der Waals surface area (Å²) in [7, 11) is -3.95. The molecule has 2 aliphatic heterocycles. The van der Waals surface area contributed by atoms with E-state index in [1.165, 1.54) is 12.1 Å². The largest absolute Gasteiger partial charge is 0.381 e. The van der Waals surface area contributed by atoms with Gasteiger partial charge in [0.1, 0.15) is 0 Å². The molecule has 178 valence electrons. The van der Waals surface area contributed by atoms with Crippen molar-refractivity contribution in [3.05, 3.63) is 58.6 Å². The summed E-state index contributed by atoms with van der Waals surface area (Å²) in [6, 6.07) is 12.1. The summed E-state index contributed by atoms with van der Waals surface area (Å²) >= 11 is 6.08. The van der Waals surface area contributed by atoms with Gasteiger partial charge in [0.25, 0.3) is 5.91 Å². The number of nitrogens with one attached hydrogen (secondary N) is 1. The Labute approximate surface area is 199 Å². The number of carbonyl (C=O) groups is 1. The van der Waals surface area contributed by atoms with Crippen molar-refractivity contribution < 1.29 is 22.7 Å². The van der Waals surface area contributed by atoms with Crippen molar-refractivity contribution in [2.45, 2.75) is 23.2 Å². The first-order valence-corrected chi connectivity index (χ1v) is 12.8. The molecule has 2 fully saturated rings. The van der Waals surface area contributed by atoms with Crippen molar-refractivity contribution in [3.63, 3.8) is 0 Å². The highest BCUT2D eigenvalue weighted by molar-refractivity contribution is 7.89. The number of hydrogen-bond donors (Lipinski definition) is 2. The van der Waals surface area contributed by atoms with E-state index < -0.39 is 10.0 Å². The van der Waals surface area contributed by atoms with Gasteiger partial charge < -0.3 is 19.7 Å². The molecule has 33 heavy (non-hydrogen) atoms. The predicted molar refractivity (Wildman–Crippen MR) is 126 cm³/mol. The number of primary sulfonamides is 1. The Hall–Kier alpha value is -2.17. The minimum Gasteiger partial charge on any atom is -0.381 e. The highest BCUT2D eigenvalue weighted by Gasteiger charge is 2.35. The van der Waals surface area contributed by atoms with Crippen LogP contribution in [-0.4, -0.2) is 60.4 Å². The molecule has 2 saturated heterocycles. The van der Waals surface area contributed by atoms with Gasteiger partial charge in [0, 0.05) is 49.0 Å². The molecule has 10 heteroatoms. The molecular formula is C23H28ClN3O5S. The van der Waals surface area contributed by atoms with Crippen LogP contribution in [0.3, 0.4) is 0 Å². The maximum Gasteiger partial charge on any atom is 0.253 e. The van der Waals surface area contributed by atoms with Gasteiger partial charge in [-0.3, -0.25) is 4.79 Å². The van der Waals surface area contributed by atoms with Crippen LogP contribution in [0, 0.1) is 0 Å². The molecule has 0 spiro atoms. The van der Waals surface area contributed by atoms with E-state index in [4.69, 9.17) is 26.2 Å². The Kier molecular flexibility index (Phi) is 7.25. The SMILES string of the molecule is NS(=O)(=O)c1ccc(N2CCOCC2)c(C(=O)NCC2(c3ccc(Cl)cc3)CCOCC2)c1. The van der Waals surface area contributed by atoms with E-state index in [1.807, 2.05) is 29.2 Å². The van der Waals surface area contributed by atoms with Crippen LogP contribution >= 0.6 is 11.6 Å². The minimum atomic E-state index is -3.95. The Morgan fingerprint density at radius 3 is 2.30 bits per heavy atom. The van der Waals surface area contributed by atoms with Crippen molar-refractivity contribution in [1.29, 1.82) is 0 Å². The van der Waals surface area contributed by atoms with Gasteiger partial charge in [-0.2, -0.15) is 0 Å². The first-order chi connectivity index (χ1) is 15.8. The molecule has 4 rings (SSSR count). The molecule has 0 radical (unpaired) electrons. The van der Waals surface area contributed by atoms with Gasteiger partial charge in [0.15, 0.2) is 0 Å². The molecule has 3 N–H and O–H groups in total. The Bertz CT molecular complexity index is 1100. The zero-order valence-electron chi connectivity index (χ0n) is 18.3. The fourth-order valence-corrected chi connectivity index (χ4v) is 5.10. The number of rotatable bonds is 6. The zero-order valence-corrected chi connectivity index (χ0v) is 19.8. The number of nitrogens with two attached hydrogens (primary N) is 1. The summed E-state index contributed by atoms with van der Waals surface area (Å²) in [5, 5.41) is 9.05. The molecule has 0 unspecified atom stereocenters. The monoisotopic (exact) mass is 493 g/mol. The van der Waals surface area contributed by atoms with E-state index in [-0.39, 0.29) is 21.8 Å². The summed E-state index contributed by atoms with van der Waals surface area (Å²) in [6.45, 7) is 3.88. The third kappa shape index (κ3) is 5.50. The smallest absolute Gasteiger partial charge is 0.253 e. The van der Waals surface area contributed by atoms with Crippen LogP contribution in [0.4, 0.5) is 5.69 Å². The van der Waals surface area contributed by atoms with E-state index in [2.05, 4.69) is 5.32 Å². The molecule has 0 atom stereocenters. The fraction of sp³-hybridized carbons (Fsp3) is 0.435. The first-order valence-electron chi connectivity index (χ1n) is 10.9. The van der Waals surface area contributed by atoms with Crippen molar-refractivity contribution in [1.82, 2.24) is 5.32 Å². The topological polar surface area (TPSA) is 111 Å². The summed E-state index contributed by atoms with van der Waals surface area (Å²) in [4.78, 5) is 15.3. The number of hydrogen-bond acceptors (Lipinski definition) is 6. The third-order valence-corrected chi connectivity index (χ3v) is 7.55. The lowest BCUT2D eigenvalue weighted by Crippen LogP contribution is -2.45. The standard InChI is InChI=1S/C23H28ClN3O5S/c24-18-3-1-17(2-4-18)23(7-11-31-12-8-23)16-26-22(28)20-15-19(33(25,29)30)5-6-21(20)27-9-13-32-14-10-27/h1-6,15H,7-14,16H2,(H,26,28)(H2,25,29,30). The minimum absolute atomic E-state index is 0.0943. The Morgan fingerprint density at radius 2 is 1.67 bits per heavy atom. The number of amides is 1. The van der Waals surface area contributed by atoms with Gasteiger partial charge in [0.2, 0.25) is 10.0 Å². The molecule has 0 aromatic heterocycles. The van der Waals surface area contributed by atoms with Gasteiger partial charge >= 0.3 is 0 Å². The summed E-state index contributed by atoms with van der Waals surface area (Å²) in [5.74, 6) is -0.346. The van der Waals surface area contributed by atoms with E-state index >= 15 is 0 Å². The molecule has 0 aliphatic carbocycles. The van der Waals surface area contributed by atoms with Crippen LogP contribution in [-0.2, 0) is 24.9 Å². The van der Waals surface area contributed by atoms with Gasteiger partial charge in [-0.1, -0.05) is 23.7 Å². The normalized spacial score (nSPS) is 18.7. The van der Waals surface area contributed by atoms with Gasteiger partial charge in [-0.15, -0.1) is 0 Å². The second-order valence-electron chi connectivity index (χ2n) is 8.41. The van der Waals surface area contributed by atoms with Gasteiger partial charge in [-0.25, -0.2) is 13.6 Å². The average Bonchev–Trinajstić information content (AvgIpc) is 2.83. The number of nitrogens with zero attached hydrogens (tertiary/aromatic N) is 1. The number of carbonyl (C=O) groups excluding carboxylic acids is 1. The molecule has 2 aliphatic rings. The molecular weight excluding hydrogens is 466 g/mol. The zero-order chi connectivity index (χ0) is 23.5. The van der Waals surface area contributed by atoms with Gasteiger partial charge in [0.05, 0.1) is 23.7 Å². The van der Waals surface area contributed by atoms with Crippen LogP contribution in [0.15, 0.2) is 47.4 Å². The fourth-order valence-electron chi connectivity index (χ4n) is 4.43. The predicted octanol–water partition coefficient (Wildman–Crippen LogP) is 2.30. The molecule has 0 bridgehead atoms. The molecule has 2 heterocycles. The molecule has 0 saturated carbocycles. The van der Waals surface area contributed by atoms with E-state index in [0.717, 1.165) is 18.4 Å². The van der Waals surface area contributed by atoms with Crippen LogP contribution in [0.2, 0.25) is 5.02 Å². The summed E-state index contributed by atoms with van der Waals surface area (Å²) < 4.78 is 34.9. The number of sulfonamides is 1. The van der Waals surface area contributed by atoms with Crippen LogP contribution in [0.5, 0.6) is 0 Å². The lowest BCUT2D eigenvalue weighted by molar-refractivity contribution is 0.0487. The second kappa shape index (κ2) is 9.99. The van der Waals surface area contributed by atoms with Crippen molar-refractivity contribution in [3.8, 4) is 0 Å². The molecule has 2 aromatic rings. The molecule has 2 aromatic carbocycles. The van der Waals surface area contributed by atoms with Crippen molar-refractivity contribution in [2.24, 2.45) is 5.14 Å². The highest BCUT2D eigenvalue weighted by atomic mass is 35.5. The number of halogens is 1. The Balaban J connectivity index is 1.62. The summed E-state index contributed by atoms with van der Waals surface area (Å²) in [6.07, 6.45) is 1.50. The average molecular weight is 494 g/mol. The number of benzene rings is 2. The molecule has 8 nitrogen and oxygen atoms in total. The number of anilines is 1. The van der Waals surface area contributed by atoms with E-state index in [1.54, 1.807) is 6.07 Å². The van der Waals surface area contributed by atoms with E-state index in [9.17, 15) is 13.2 Å². The number of ether oxygens (including phenoxy) is 2. The highest BCUT2D eigenvalue weighted by Crippen LogP contribution is 2.35. The van der Waals surface area contributed by atoms with Gasteiger partial charge in [-0.05, 0) is 48.7 Å². The lowest BCUT2D eigenvalue weighted by Gasteiger charge is -2.38. The quantitative estimate of drug-likeness (QED) is 0.638.